The number of tetrazole rings is 1. The molecule has 2 N–H and O–H groups in total. The number of aromatic nitrogens is 4. The van der Waals surface area contributed by atoms with Crippen LogP contribution in [0.2, 0.25) is 0 Å². The standard InChI is InChI=1S/C8H17N5S/c1-3-4-13-8(10-11-12-13)6-14-7(2)5-9/h7H,3-6,9H2,1-2H3. The van der Waals surface area contributed by atoms with E-state index in [1.165, 1.54) is 0 Å². The molecule has 0 fully saturated rings. The Morgan fingerprint density at radius 3 is 3.00 bits per heavy atom. The molecule has 0 aromatic carbocycles. The van der Waals surface area contributed by atoms with Crippen LogP contribution in [0, 0.1) is 0 Å². The molecular weight excluding hydrogens is 198 g/mol. The van der Waals surface area contributed by atoms with Crippen LogP contribution in [0.5, 0.6) is 0 Å². The van der Waals surface area contributed by atoms with Crippen LogP contribution < -0.4 is 5.73 Å². The Labute approximate surface area is 88.4 Å². The highest BCUT2D eigenvalue weighted by atomic mass is 32.2. The molecule has 1 unspecified atom stereocenters. The summed E-state index contributed by atoms with van der Waals surface area (Å²) in [4.78, 5) is 0. The lowest BCUT2D eigenvalue weighted by atomic mass is 10.5. The van der Waals surface area contributed by atoms with Gasteiger partial charge in [0.15, 0.2) is 5.82 Å². The van der Waals surface area contributed by atoms with Crippen LogP contribution in [0.3, 0.4) is 0 Å². The topological polar surface area (TPSA) is 69.6 Å². The lowest BCUT2D eigenvalue weighted by Crippen LogP contribution is -2.13. The van der Waals surface area contributed by atoms with E-state index in [9.17, 15) is 0 Å². The average molecular weight is 215 g/mol. The normalized spacial score (nSPS) is 13.1. The van der Waals surface area contributed by atoms with Crippen molar-refractivity contribution < 1.29 is 0 Å². The van der Waals surface area contributed by atoms with Crippen molar-refractivity contribution in [1.29, 1.82) is 0 Å². The second-order valence-electron chi connectivity index (χ2n) is 3.18. The van der Waals surface area contributed by atoms with E-state index < -0.39 is 0 Å². The third kappa shape index (κ3) is 3.26. The first-order valence-electron chi connectivity index (χ1n) is 4.84. The van der Waals surface area contributed by atoms with Crippen molar-refractivity contribution in [2.75, 3.05) is 6.54 Å². The molecule has 0 aliphatic heterocycles. The van der Waals surface area contributed by atoms with Crippen molar-refractivity contribution in [3.05, 3.63) is 5.82 Å². The molecule has 0 spiro atoms. The molecule has 1 aromatic heterocycles. The monoisotopic (exact) mass is 215 g/mol. The van der Waals surface area contributed by atoms with Gasteiger partial charge in [0.1, 0.15) is 0 Å². The number of aryl methyl sites for hydroxylation is 1. The molecule has 0 saturated carbocycles. The molecule has 1 atom stereocenters. The number of hydrogen-bond donors (Lipinski definition) is 1. The lowest BCUT2D eigenvalue weighted by Gasteiger charge is -2.07. The number of nitrogens with zero attached hydrogens (tertiary/aromatic N) is 4. The van der Waals surface area contributed by atoms with Crippen LogP contribution in [0.15, 0.2) is 0 Å². The van der Waals surface area contributed by atoms with Gasteiger partial charge >= 0.3 is 0 Å². The Bertz CT molecular complexity index is 262. The van der Waals surface area contributed by atoms with E-state index in [2.05, 4.69) is 29.4 Å². The van der Waals surface area contributed by atoms with Crippen LogP contribution in [-0.4, -0.2) is 32.0 Å². The van der Waals surface area contributed by atoms with Gasteiger partial charge < -0.3 is 5.73 Å². The van der Waals surface area contributed by atoms with Gasteiger partial charge in [0.2, 0.25) is 0 Å². The fraction of sp³-hybridized carbons (Fsp3) is 0.875. The van der Waals surface area contributed by atoms with E-state index >= 15 is 0 Å². The molecule has 0 saturated heterocycles. The molecule has 14 heavy (non-hydrogen) atoms. The molecule has 0 aliphatic carbocycles. The Morgan fingerprint density at radius 1 is 1.57 bits per heavy atom. The number of hydrogen-bond acceptors (Lipinski definition) is 5. The minimum Gasteiger partial charge on any atom is -0.329 e. The maximum atomic E-state index is 5.53. The minimum atomic E-state index is 0.460. The zero-order valence-corrected chi connectivity index (χ0v) is 9.50. The first-order chi connectivity index (χ1) is 6.77. The third-order valence-corrected chi connectivity index (χ3v) is 3.06. The fourth-order valence-corrected chi connectivity index (χ4v) is 1.77. The van der Waals surface area contributed by atoms with Crippen molar-refractivity contribution in [2.45, 2.75) is 37.8 Å². The third-order valence-electron chi connectivity index (χ3n) is 1.87. The van der Waals surface area contributed by atoms with Gasteiger partial charge in [0, 0.05) is 18.3 Å². The Hall–Kier alpha value is -0.620. The zero-order chi connectivity index (χ0) is 10.4. The number of thioether (sulfide) groups is 1. The molecular formula is C8H17N5S. The average Bonchev–Trinajstić information content (AvgIpc) is 2.62. The smallest absolute Gasteiger partial charge is 0.161 e. The van der Waals surface area contributed by atoms with Gasteiger partial charge in [-0.25, -0.2) is 4.68 Å². The second-order valence-corrected chi connectivity index (χ2v) is 4.60. The summed E-state index contributed by atoms with van der Waals surface area (Å²) < 4.78 is 1.86. The predicted molar refractivity (Wildman–Crippen MR) is 57.9 cm³/mol. The molecule has 6 heteroatoms. The molecule has 0 amide bonds. The first-order valence-corrected chi connectivity index (χ1v) is 5.89. The lowest BCUT2D eigenvalue weighted by molar-refractivity contribution is 0.564. The van der Waals surface area contributed by atoms with Crippen molar-refractivity contribution in [3.63, 3.8) is 0 Å². The van der Waals surface area contributed by atoms with Gasteiger partial charge in [0.25, 0.3) is 0 Å². The Morgan fingerprint density at radius 2 is 2.36 bits per heavy atom. The highest BCUT2D eigenvalue weighted by Gasteiger charge is 2.07. The summed E-state index contributed by atoms with van der Waals surface area (Å²) in [5.74, 6) is 1.78. The summed E-state index contributed by atoms with van der Waals surface area (Å²) in [7, 11) is 0. The van der Waals surface area contributed by atoms with Crippen LogP contribution in [0.4, 0.5) is 0 Å². The summed E-state index contributed by atoms with van der Waals surface area (Å²) in [6.45, 7) is 5.81. The van der Waals surface area contributed by atoms with Crippen molar-refractivity contribution in [1.82, 2.24) is 20.2 Å². The van der Waals surface area contributed by atoms with E-state index in [0.717, 1.165) is 24.5 Å². The predicted octanol–water partition coefficient (Wildman–Crippen LogP) is 0.663. The second kappa shape index (κ2) is 5.98. The van der Waals surface area contributed by atoms with E-state index in [1.807, 2.05) is 4.68 Å². The number of nitrogens with two attached hydrogens (primary N) is 1. The summed E-state index contributed by atoms with van der Waals surface area (Å²) in [5.41, 5.74) is 5.53. The molecule has 80 valence electrons. The quantitative estimate of drug-likeness (QED) is 0.755. The molecule has 1 heterocycles. The summed E-state index contributed by atoms with van der Waals surface area (Å²) >= 11 is 1.79. The Balaban J connectivity index is 2.45. The maximum Gasteiger partial charge on any atom is 0.161 e. The van der Waals surface area contributed by atoms with Crippen molar-refractivity contribution in [2.24, 2.45) is 5.73 Å². The van der Waals surface area contributed by atoms with Gasteiger partial charge in [-0.05, 0) is 16.8 Å². The van der Waals surface area contributed by atoms with Gasteiger partial charge in [-0.1, -0.05) is 13.8 Å². The van der Waals surface area contributed by atoms with E-state index in [1.54, 1.807) is 11.8 Å². The first kappa shape index (κ1) is 11.5. The highest BCUT2D eigenvalue weighted by molar-refractivity contribution is 7.99. The van der Waals surface area contributed by atoms with Gasteiger partial charge in [-0.15, -0.1) is 16.9 Å². The molecule has 0 bridgehead atoms. The van der Waals surface area contributed by atoms with Crippen molar-refractivity contribution in [3.8, 4) is 0 Å². The van der Waals surface area contributed by atoms with Crippen molar-refractivity contribution >= 4 is 11.8 Å². The van der Waals surface area contributed by atoms with E-state index in [4.69, 9.17) is 5.73 Å². The minimum absolute atomic E-state index is 0.460. The SMILES string of the molecule is CCCn1nnnc1CSC(C)CN. The highest BCUT2D eigenvalue weighted by Crippen LogP contribution is 2.14. The van der Waals surface area contributed by atoms with Crippen LogP contribution in [0.1, 0.15) is 26.1 Å². The van der Waals surface area contributed by atoms with Crippen LogP contribution in [0.25, 0.3) is 0 Å². The van der Waals surface area contributed by atoms with Crippen LogP contribution >= 0.6 is 11.8 Å². The van der Waals surface area contributed by atoms with E-state index in [0.29, 0.717) is 11.8 Å². The molecule has 0 aliphatic rings. The zero-order valence-electron chi connectivity index (χ0n) is 8.68. The van der Waals surface area contributed by atoms with Crippen LogP contribution in [-0.2, 0) is 12.3 Å². The molecule has 0 radical (unpaired) electrons. The van der Waals surface area contributed by atoms with E-state index in [-0.39, 0.29) is 0 Å². The summed E-state index contributed by atoms with van der Waals surface area (Å²) in [6.07, 6.45) is 1.05. The summed E-state index contributed by atoms with van der Waals surface area (Å²) in [5, 5.41) is 12.0. The molecule has 1 aromatic rings. The Kier molecular flexibility index (Phi) is 4.89. The largest absolute Gasteiger partial charge is 0.329 e. The molecule has 1 rings (SSSR count). The van der Waals surface area contributed by atoms with Gasteiger partial charge in [0.05, 0.1) is 5.75 Å². The molecule has 5 nitrogen and oxygen atoms in total. The van der Waals surface area contributed by atoms with Gasteiger partial charge in [-0.2, -0.15) is 0 Å². The van der Waals surface area contributed by atoms with Gasteiger partial charge in [-0.3, -0.25) is 0 Å². The maximum absolute atomic E-state index is 5.53. The summed E-state index contributed by atoms with van der Waals surface area (Å²) in [6, 6.07) is 0. The fourth-order valence-electron chi connectivity index (χ4n) is 0.997. The number of rotatable bonds is 6.